The summed E-state index contributed by atoms with van der Waals surface area (Å²) in [4.78, 5) is 1.96. The fourth-order valence-corrected chi connectivity index (χ4v) is 2.23. The molecule has 0 aliphatic carbocycles. The number of ether oxygens (including phenoxy) is 1. The Morgan fingerprint density at radius 3 is 2.56 bits per heavy atom. The van der Waals surface area contributed by atoms with E-state index in [1.54, 1.807) is 0 Å². The summed E-state index contributed by atoms with van der Waals surface area (Å²) in [5.74, 6) is 0. The molecule has 1 aliphatic rings. The zero-order valence-electron chi connectivity index (χ0n) is 10.5. The van der Waals surface area contributed by atoms with Gasteiger partial charge in [-0.05, 0) is 12.5 Å². The highest BCUT2D eigenvalue weighted by molar-refractivity contribution is 5.62. The van der Waals surface area contributed by atoms with Gasteiger partial charge in [0.2, 0.25) is 0 Å². The minimum Gasteiger partial charge on any atom is -0.378 e. The number of morpholine rings is 1. The second-order valence-electron chi connectivity index (χ2n) is 4.51. The second-order valence-corrected chi connectivity index (χ2v) is 4.51. The second kappa shape index (κ2) is 4.82. The number of nitrogens with zero attached hydrogens (tertiary/aromatic N) is 3. The SMILES string of the molecule is Cc1cn(N2CCOCC2)nc1-c1ccccc1. The van der Waals surface area contributed by atoms with Crippen LogP contribution in [0.25, 0.3) is 11.3 Å². The van der Waals surface area contributed by atoms with E-state index >= 15 is 0 Å². The lowest BCUT2D eigenvalue weighted by Crippen LogP contribution is -2.44. The first kappa shape index (κ1) is 11.3. The Labute approximate surface area is 107 Å². The van der Waals surface area contributed by atoms with Crippen molar-refractivity contribution < 1.29 is 4.74 Å². The van der Waals surface area contributed by atoms with Gasteiger partial charge >= 0.3 is 0 Å². The van der Waals surface area contributed by atoms with Crippen LogP contribution in [0.15, 0.2) is 36.5 Å². The number of aromatic nitrogens is 2. The number of hydrogen-bond donors (Lipinski definition) is 0. The molecular weight excluding hydrogens is 226 g/mol. The summed E-state index contributed by atoms with van der Waals surface area (Å²) >= 11 is 0. The molecule has 0 atom stereocenters. The molecule has 4 nitrogen and oxygen atoms in total. The first-order chi connectivity index (χ1) is 8.84. The van der Waals surface area contributed by atoms with Crippen LogP contribution >= 0.6 is 0 Å². The van der Waals surface area contributed by atoms with Gasteiger partial charge in [-0.2, -0.15) is 9.89 Å². The van der Waals surface area contributed by atoms with Gasteiger partial charge in [-0.15, -0.1) is 0 Å². The molecule has 1 saturated heterocycles. The number of benzene rings is 1. The maximum absolute atomic E-state index is 5.36. The van der Waals surface area contributed by atoms with Crippen molar-refractivity contribution in [3.8, 4) is 11.3 Å². The molecule has 1 aromatic heterocycles. The molecule has 0 bridgehead atoms. The zero-order chi connectivity index (χ0) is 12.4. The molecule has 2 heterocycles. The molecule has 18 heavy (non-hydrogen) atoms. The van der Waals surface area contributed by atoms with Gasteiger partial charge in [0.15, 0.2) is 0 Å². The molecule has 4 heteroatoms. The average Bonchev–Trinajstić information content (AvgIpc) is 2.83. The quantitative estimate of drug-likeness (QED) is 0.806. The monoisotopic (exact) mass is 243 g/mol. The van der Waals surface area contributed by atoms with E-state index in [0.29, 0.717) is 0 Å². The predicted molar refractivity (Wildman–Crippen MR) is 71.2 cm³/mol. The van der Waals surface area contributed by atoms with Crippen LogP contribution in [0.2, 0.25) is 0 Å². The van der Waals surface area contributed by atoms with Crippen molar-refractivity contribution in [3.63, 3.8) is 0 Å². The van der Waals surface area contributed by atoms with Gasteiger partial charge in [-0.25, -0.2) is 0 Å². The van der Waals surface area contributed by atoms with Gasteiger partial charge in [0.05, 0.1) is 38.2 Å². The molecular formula is C14H17N3O. The molecule has 0 saturated carbocycles. The summed E-state index contributed by atoms with van der Waals surface area (Å²) in [5.41, 5.74) is 3.43. The van der Waals surface area contributed by atoms with Gasteiger partial charge in [0.1, 0.15) is 0 Å². The normalized spacial score (nSPS) is 15.9. The van der Waals surface area contributed by atoms with E-state index in [1.165, 1.54) is 11.1 Å². The third-order valence-corrected chi connectivity index (χ3v) is 3.21. The summed E-state index contributed by atoms with van der Waals surface area (Å²) < 4.78 is 5.36. The minimum atomic E-state index is 0.777. The third-order valence-electron chi connectivity index (χ3n) is 3.21. The topological polar surface area (TPSA) is 30.3 Å². The predicted octanol–water partition coefficient (Wildman–Crippen LogP) is 1.83. The van der Waals surface area contributed by atoms with Gasteiger partial charge in [-0.3, -0.25) is 5.01 Å². The first-order valence-corrected chi connectivity index (χ1v) is 6.29. The van der Waals surface area contributed by atoms with Crippen molar-refractivity contribution in [1.29, 1.82) is 0 Å². The van der Waals surface area contributed by atoms with Gasteiger partial charge in [-0.1, -0.05) is 30.3 Å². The molecule has 1 aliphatic heterocycles. The van der Waals surface area contributed by atoms with Crippen molar-refractivity contribution in [3.05, 3.63) is 42.1 Å². The van der Waals surface area contributed by atoms with E-state index in [0.717, 1.165) is 32.0 Å². The molecule has 3 rings (SSSR count). The highest BCUT2D eigenvalue weighted by atomic mass is 16.5. The standard InChI is InChI=1S/C14H17N3O/c1-12-11-17(16-7-9-18-10-8-16)15-14(12)13-5-3-2-4-6-13/h2-6,11H,7-10H2,1H3. The van der Waals surface area contributed by atoms with Crippen molar-refractivity contribution in [2.24, 2.45) is 0 Å². The number of rotatable bonds is 2. The summed E-state index contributed by atoms with van der Waals surface area (Å²) in [7, 11) is 0. The zero-order valence-corrected chi connectivity index (χ0v) is 10.5. The Kier molecular flexibility index (Phi) is 3.02. The van der Waals surface area contributed by atoms with E-state index < -0.39 is 0 Å². The highest BCUT2D eigenvalue weighted by Gasteiger charge is 2.14. The lowest BCUT2D eigenvalue weighted by molar-refractivity contribution is 0.109. The van der Waals surface area contributed by atoms with Crippen molar-refractivity contribution in [2.45, 2.75) is 6.92 Å². The summed E-state index contributed by atoms with van der Waals surface area (Å²) in [6, 6.07) is 10.3. The summed E-state index contributed by atoms with van der Waals surface area (Å²) in [5, 5.41) is 6.90. The Bertz CT molecular complexity index is 515. The molecule has 0 unspecified atom stereocenters. The van der Waals surface area contributed by atoms with Crippen LogP contribution in [0.4, 0.5) is 0 Å². The average molecular weight is 243 g/mol. The number of aryl methyl sites for hydroxylation is 1. The maximum atomic E-state index is 5.36. The van der Waals surface area contributed by atoms with Gasteiger partial charge < -0.3 is 4.74 Å². The van der Waals surface area contributed by atoms with Crippen LogP contribution in [0, 0.1) is 6.92 Å². The van der Waals surface area contributed by atoms with Gasteiger partial charge in [0, 0.05) is 5.56 Å². The highest BCUT2D eigenvalue weighted by Crippen LogP contribution is 2.21. The smallest absolute Gasteiger partial charge is 0.0973 e. The van der Waals surface area contributed by atoms with Crippen LogP contribution in [0.5, 0.6) is 0 Å². The first-order valence-electron chi connectivity index (χ1n) is 6.29. The summed E-state index contributed by atoms with van der Waals surface area (Å²) in [6.07, 6.45) is 2.09. The fourth-order valence-electron chi connectivity index (χ4n) is 2.23. The molecule has 0 spiro atoms. The Morgan fingerprint density at radius 1 is 1.11 bits per heavy atom. The van der Waals surface area contributed by atoms with E-state index in [1.807, 2.05) is 23.0 Å². The Morgan fingerprint density at radius 2 is 1.83 bits per heavy atom. The van der Waals surface area contributed by atoms with Gasteiger partial charge in [0.25, 0.3) is 0 Å². The fraction of sp³-hybridized carbons (Fsp3) is 0.357. The van der Waals surface area contributed by atoms with Crippen LogP contribution in [0.1, 0.15) is 5.56 Å². The largest absolute Gasteiger partial charge is 0.378 e. The van der Waals surface area contributed by atoms with Crippen molar-refractivity contribution in [1.82, 2.24) is 9.89 Å². The van der Waals surface area contributed by atoms with Crippen LogP contribution in [-0.2, 0) is 4.74 Å². The van der Waals surface area contributed by atoms with Crippen molar-refractivity contribution in [2.75, 3.05) is 31.3 Å². The molecule has 2 aromatic rings. The number of hydrogen-bond acceptors (Lipinski definition) is 3. The summed E-state index contributed by atoms with van der Waals surface area (Å²) in [6.45, 7) is 5.45. The molecule has 94 valence electrons. The third kappa shape index (κ3) is 2.11. The molecule has 1 aromatic carbocycles. The Balaban J connectivity index is 1.91. The van der Waals surface area contributed by atoms with E-state index in [2.05, 4.69) is 30.3 Å². The maximum Gasteiger partial charge on any atom is 0.0973 e. The Hall–Kier alpha value is -1.81. The molecule has 0 radical (unpaired) electrons. The molecule has 0 amide bonds. The van der Waals surface area contributed by atoms with E-state index in [9.17, 15) is 0 Å². The van der Waals surface area contributed by atoms with E-state index in [4.69, 9.17) is 9.84 Å². The van der Waals surface area contributed by atoms with Crippen LogP contribution in [0.3, 0.4) is 0 Å². The van der Waals surface area contributed by atoms with E-state index in [-0.39, 0.29) is 0 Å². The molecule has 1 fully saturated rings. The van der Waals surface area contributed by atoms with Crippen LogP contribution < -0.4 is 5.01 Å². The minimum absolute atomic E-state index is 0.777. The van der Waals surface area contributed by atoms with Crippen molar-refractivity contribution >= 4 is 0 Å². The lowest BCUT2D eigenvalue weighted by atomic mass is 10.1. The van der Waals surface area contributed by atoms with Crippen LogP contribution in [-0.4, -0.2) is 36.2 Å². The lowest BCUT2D eigenvalue weighted by Gasteiger charge is -2.28. The molecule has 0 N–H and O–H groups in total.